The largest absolute Gasteiger partial charge is 0.477 e. The van der Waals surface area contributed by atoms with Gasteiger partial charge in [0.25, 0.3) is 0 Å². The summed E-state index contributed by atoms with van der Waals surface area (Å²) in [6, 6.07) is 3.53. The van der Waals surface area contributed by atoms with Crippen molar-refractivity contribution in [1.82, 2.24) is 9.55 Å². The van der Waals surface area contributed by atoms with Crippen molar-refractivity contribution in [2.75, 3.05) is 31.6 Å². The summed E-state index contributed by atoms with van der Waals surface area (Å²) in [4.78, 5) is 35.1. The molecule has 0 aliphatic carbocycles. The average molecular weight is 475 g/mol. The van der Waals surface area contributed by atoms with Crippen LogP contribution in [0.25, 0.3) is 16.7 Å². The second-order valence-corrected chi connectivity index (χ2v) is 7.70. The van der Waals surface area contributed by atoms with Crippen LogP contribution in [-0.2, 0) is 4.84 Å². The monoisotopic (exact) mass is 475 g/mol. The van der Waals surface area contributed by atoms with E-state index in [4.69, 9.17) is 10.6 Å². The number of carbonyl (C=O) groups is 1. The molecule has 0 bridgehead atoms. The number of anilines is 1. The Hall–Kier alpha value is -3.93. The molecule has 0 radical (unpaired) electrons. The van der Waals surface area contributed by atoms with Gasteiger partial charge in [-0.1, -0.05) is 5.16 Å². The molecule has 3 heterocycles. The van der Waals surface area contributed by atoms with E-state index in [0.717, 1.165) is 34.7 Å². The first-order valence-electron chi connectivity index (χ1n) is 10.2. The van der Waals surface area contributed by atoms with E-state index in [-0.39, 0.29) is 41.5 Å². The Morgan fingerprint density at radius 3 is 2.71 bits per heavy atom. The zero-order valence-electron chi connectivity index (χ0n) is 18.0. The SMILES string of the molecule is CO/N=C1\CCN(c2nc3c(cc2F)c(=O)c(C(=O)O)cn3-c2ccc(F)cc2F)CC1CN. The Morgan fingerprint density at radius 1 is 1.29 bits per heavy atom. The number of aromatic nitrogens is 2. The highest BCUT2D eigenvalue weighted by molar-refractivity contribution is 5.93. The first kappa shape index (κ1) is 23.2. The molecule has 1 saturated heterocycles. The van der Waals surface area contributed by atoms with Crippen molar-refractivity contribution in [1.29, 1.82) is 0 Å². The number of halogens is 3. The fourth-order valence-electron chi connectivity index (χ4n) is 4.01. The van der Waals surface area contributed by atoms with Crippen LogP contribution in [0.15, 0.2) is 40.4 Å². The maximum absolute atomic E-state index is 15.1. The second kappa shape index (κ2) is 9.14. The van der Waals surface area contributed by atoms with E-state index in [1.165, 1.54) is 7.11 Å². The van der Waals surface area contributed by atoms with Gasteiger partial charge < -0.3 is 20.6 Å². The molecule has 1 fully saturated rings. The van der Waals surface area contributed by atoms with Gasteiger partial charge in [-0.15, -0.1) is 0 Å². The molecule has 34 heavy (non-hydrogen) atoms. The molecule has 12 heteroatoms. The normalized spacial score (nSPS) is 17.4. The third kappa shape index (κ3) is 4.07. The highest BCUT2D eigenvalue weighted by Crippen LogP contribution is 2.27. The van der Waals surface area contributed by atoms with Gasteiger partial charge in [-0.3, -0.25) is 9.36 Å². The topological polar surface area (TPSA) is 123 Å². The van der Waals surface area contributed by atoms with Crippen LogP contribution in [0.3, 0.4) is 0 Å². The Balaban J connectivity index is 1.93. The number of nitrogens with zero attached hydrogens (tertiary/aromatic N) is 4. The summed E-state index contributed by atoms with van der Waals surface area (Å²) in [6.45, 7) is 0.800. The van der Waals surface area contributed by atoms with Gasteiger partial charge in [0, 0.05) is 44.2 Å². The highest BCUT2D eigenvalue weighted by atomic mass is 19.1. The van der Waals surface area contributed by atoms with Gasteiger partial charge in [0.2, 0.25) is 5.43 Å². The Bertz CT molecular complexity index is 1370. The van der Waals surface area contributed by atoms with E-state index in [1.807, 2.05) is 0 Å². The van der Waals surface area contributed by atoms with Crippen LogP contribution in [0.5, 0.6) is 0 Å². The van der Waals surface area contributed by atoms with Gasteiger partial charge in [-0.2, -0.15) is 0 Å². The number of fused-ring (bicyclic) bond motifs is 1. The molecule has 4 rings (SSSR count). The van der Waals surface area contributed by atoms with Gasteiger partial charge in [-0.25, -0.2) is 22.9 Å². The Labute approximate surface area is 190 Å². The number of oxime groups is 1. The van der Waals surface area contributed by atoms with E-state index in [0.29, 0.717) is 19.0 Å². The number of aromatic carboxylic acids is 1. The van der Waals surface area contributed by atoms with Crippen molar-refractivity contribution < 1.29 is 27.9 Å². The van der Waals surface area contributed by atoms with Crippen LogP contribution >= 0.6 is 0 Å². The van der Waals surface area contributed by atoms with Gasteiger partial charge in [0.15, 0.2) is 17.3 Å². The number of rotatable bonds is 5. The number of carboxylic acid groups (broad SMARTS) is 1. The minimum absolute atomic E-state index is 0.124. The summed E-state index contributed by atoms with van der Waals surface area (Å²) in [5.74, 6) is -4.67. The highest BCUT2D eigenvalue weighted by Gasteiger charge is 2.29. The van der Waals surface area contributed by atoms with Crippen LogP contribution in [-0.4, -0.2) is 53.1 Å². The minimum Gasteiger partial charge on any atom is -0.477 e. The summed E-state index contributed by atoms with van der Waals surface area (Å²) in [6.07, 6.45) is 1.31. The number of nitrogens with two attached hydrogens (primary N) is 1. The summed E-state index contributed by atoms with van der Waals surface area (Å²) in [7, 11) is 1.41. The maximum atomic E-state index is 15.1. The predicted molar refractivity (Wildman–Crippen MR) is 118 cm³/mol. The molecular weight excluding hydrogens is 455 g/mol. The van der Waals surface area contributed by atoms with Crippen LogP contribution in [0.2, 0.25) is 0 Å². The summed E-state index contributed by atoms with van der Waals surface area (Å²) in [5.41, 5.74) is 4.42. The Kier molecular flexibility index (Phi) is 6.24. The lowest BCUT2D eigenvalue weighted by Gasteiger charge is -2.34. The summed E-state index contributed by atoms with van der Waals surface area (Å²) < 4.78 is 44.2. The fourth-order valence-corrected chi connectivity index (χ4v) is 4.01. The number of carboxylic acids is 1. The van der Waals surface area contributed by atoms with Gasteiger partial charge in [-0.05, 0) is 18.2 Å². The third-order valence-corrected chi connectivity index (χ3v) is 5.66. The molecule has 3 N–H and O–H groups in total. The quantitative estimate of drug-likeness (QED) is 0.543. The first-order valence-corrected chi connectivity index (χ1v) is 10.2. The molecule has 0 saturated carbocycles. The van der Waals surface area contributed by atoms with E-state index in [2.05, 4.69) is 10.1 Å². The second-order valence-electron chi connectivity index (χ2n) is 7.70. The molecule has 2 aromatic heterocycles. The van der Waals surface area contributed by atoms with Crippen molar-refractivity contribution >= 4 is 28.5 Å². The lowest BCUT2D eigenvalue weighted by atomic mass is 9.95. The molecule has 0 spiro atoms. The van der Waals surface area contributed by atoms with Gasteiger partial charge in [0.1, 0.15) is 24.3 Å². The van der Waals surface area contributed by atoms with E-state index in [1.54, 1.807) is 4.90 Å². The number of piperidine rings is 1. The van der Waals surface area contributed by atoms with Crippen molar-refractivity contribution in [3.63, 3.8) is 0 Å². The molecule has 9 nitrogen and oxygen atoms in total. The van der Waals surface area contributed by atoms with Crippen molar-refractivity contribution in [3.05, 3.63) is 63.7 Å². The van der Waals surface area contributed by atoms with Crippen LogP contribution in [0, 0.1) is 23.4 Å². The maximum Gasteiger partial charge on any atom is 0.341 e. The molecule has 1 unspecified atom stereocenters. The molecule has 3 aromatic rings. The lowest BCUT2D eigenvalue weighted by molar-refractivity contribution is 0.0695. The summed E-state index contributed by atoms with van der Waals surface area (Å²) >= 11 is 0. The molecule has 1 atom stereocenters. The lowest BCUT2D eigenvalue weighted by Crippen LogP contribution is -2.44. The first-order chi connectivity index (χ1) is 16.2. The van der Waals surface area contributed by atoms with Gasteiger partial charge >= 0.3 is 5.97 Å². The average Bonchev–Trinajstić information content (AvgIpc) is 2.80. The standard InChI is InChI=1S/C22H20F3N5O4/c1-34-28-17-4-5-29(9-11(17)8-26)21-16(25)7-13-19(31)14(22(32)33)10-30(20(13)27-21)18-3-2-12(23)6-15(18)24/h2-3,6-7,10-11H,4-5,8-9,26H2,1H3,(H,32,33)/b28-17+. The molecule has 1 aliphatic rings. The zero-order valence-corrected chi connectivity index (χ0v) is 18.0. The minimum atomic E-state index is -1.58. The molecule has 0 amide bonds. The zero-order chi connectivity index (χ0) is 24.6. The smallest absolute Gasteiger partial charge is 0.341 e. The van der Waals surface area contributed by atoms with Crippen LogP contribution in [0.4, 0.5) is 19.0 Å². The van der Waals surface area contributed by atoms with E-state index >= 15 is 4.39 Å². The molecule has 1 aromatic carbocycles. The van der Waals surface area contributed by atoms with Crippen molar-refractivity contribution in [2.45, 2.75) is 6.42 Å². The van der Waals surface area contributed by atoms with Crippen molar-refractivity contribution in [2.24, 2.45) is 16.8 Å². The Morgan fingerprint density at radius 2 is 2.06 bits per heavy atom. The van der Waals surface area contributed by atoms with E-state index in [9.17, 15) is 23.5 Å². The number of pyridine rings is 2. The molecule has 178 valence electrons. The van der Waals surface area contributed by atoms with Crippen molar-refractivity contribution in [3.8, 4) is 5.69 Å². The van der Waals surface area contributed by atoms with Crippen LogP contribution < -0.4 is 16.1 Å². The van der Waals surface area contributed by atoms with Crippen LogP contribution in [0.1, 0.15) is 16.8 Å². The number of hydrogen-bond acceptors (Lipinski definition) is 7. The third-order valence-electron chi connectivity index (χ3n) is 5.66. The fraction of sp³-hybridized carbons (Fsp3) is 0.273. The predicted octanol–water partition coefficient (Wildman–Crippen LogP) is 2.29. The number of benzene rings is 1. The molecular formula is C22H20F3N5O4. The number of hydrogen-bond donors (Lipinski definition) is 2. The molecule has 1 aliphatic heterocycles. The van der Waals surface area contributed by atoms with Gasteiger partial charge in [0.05, 0.1) is 16.8 Å². The van der Waals surface area contributed by atoms with E-state index < -0.39 is 34.4 Å². The summed E-state index contributed by atoms with van der Waals surface area (Å²) in [5, 5.41) is 13.0.